The van der Waals surface area contributed by atoms with E-state index in [2.05, 4.69) is 25.3 Å². The van der Waals surface area contributed by atoms with Crippen molar-refractivity contribution in [2.75, 3.05) is 5.32 Å². The van der Waals surface area contributed by atoms with Gasteiger partial charge in [-0.1, -0.05) is 6.07 Å². The SMILES string of the molecule is CC(C(=O)Nc1cccc(-c2cnc(C(F)(F)F)nc2)n1)n1cnc2c1c(=O)n(CC#N)c(=O)n2C. The van der Waals surface area contributed by atoms with E-state index < -0.39 is 41.7 Å². The Kier molecular flexibility index (Phi) is 6.10. The molecule has 0 bridgehead atoms. The highest BCUT2D eigenvalue weighted by Gasteiger charge is 2.34. The molecule has 36 heavy (non-hydrogen) atoms. The van der Waals surface area contributed by atoms with Crippen molar-refractivity contribution in [1.29, 1.82) is 5.26 Å². The van der Waals surface area contributed by atoms with Crippen molar-refractivity contribution in [2.24, 2.45) is 7.05 Å². The zero-order valence-corrected chi connectivity index (χ0v) is 18.7. The molecule has 0 aliphatic carbocycles. The average molecular weight is 499 g/mol. The van der Waals surface area contributed by atoms with E-state index in [1.807, 2.05) is 0 Å². The van der Waals surface area contributed by atoms with Crippen molar-refractivity contribution in [3.05, 3.63) is 63.6 Å². The van der Waals surface area contributed by atoms with E-state index in [0.29, 0.717) is 0 Å². The van der Waals surface area contributed by atoms with E-state index >= 15 is 0 Å². The fraction of sp³-hybridized carbons (Fsp3) is 0.238. The Hall–Kier alpha value is -4.87. The summed E-state index contributed by atoms with van der Waals surface area (Å²) in [5.74, 6) is -1.80. The summed E-state index contributed by atoms with van der Waals surface area (Å²) in [5, 5.41) is 11.5. The Bertz CT molecular complexity index is 1630. The highest BCUT2D eigenvalue weighted by Crippen LogP contribution is 2.27. The molecule has 4 heterocycles. The Balaban J connectivity index is 1.62. The van der Waals surface area contributed by atoms with Gasteiger partial charge < -0.3 is 9.88 Å². The summed E-state index contributed by atoms with van der Waals surface area (Å²) in [4.78, 5) is 53.0. The molecule has 0 radical (unpaired) electrons. The molecule has 4 aromatic rings. The second-order valence-corrected chi connectivity index (χ2v) is 7.58. The summed E-state index contributed by atoms with van der Waals surface area (Å²) in [6.45, 7) is 1.01. The van der Waals surface area contributed by atoms with Gasteiger partial charge in [-0.2, -0.15) is 18.4 Å². The average Bonchev–Trinajstić information content (AvgIpc) is 3.30. The normalized spacial score (nSPS) is 12.3. The van der Waals surface area contributed by atoms with Gasteiger partial charge in [0.05, 0.1) is 18.1 Å². The van der Waals surface area contributed by atoms with E-state index in [0.717, 1.165) is 21.5 Å². The third-order valence-electron chi connectivity index (χ3n) is 5.28. The third-order valence-corrected chi connectivity index (χ3v) is 5.28. The summed E-state index contributed by atoms with van der Waals surface area (Å²) in [5.41, 5.74) is -1.07. The van der Waals surface area contributed by atoms with Crippen LogP contribution in [0, 0.1) is 11.3 Å². The first-order valence-corrected chi connectivity index (χ1v) is 10.2. The van der Waals surface area contributed by atoms with Gasteiger partial charge in [-0.25, -0.2) is 29.3 Å². The van der Waals surface area contributed by atoms with Crippen molar-refractivity contribution in [3.63, 3.8) is 0 Å². The van der Waals surface area contributed by atoms with Crippen LogP contribution < -0.4 is 16.6 Å². The number of carbonyl (C=O) groups is 1. The Morgan fingerprint density at radius 2 is 1.89 bits per heavy atom. The summed E-state index contributed by atoms with van der Waals surface area (Å²) in [7, 11) is 1.39. The number of aromatic nitrogens is 7. The van der Waals surface area contributed by atoms with E-state index in [9.17, 15) is 27.6 Å². The largest absolute Gasteiger partial charge is 0.451 e. The van der Waals surface area contributed by atoms with Crippen molar-refractivity contribution in [3.8, 4) is 17.3 Å². The lowest BCUT2D eigenvalue weighted by atomic mass is 10.2. The highest BCUT2D eigenvalue weighted by atomic mass is 19.4. The minimum atomic E-state index is -4.68. The zero-order valence-electron chi connectivity index (χ0n) is 18.7. The van der Waals surface area contributed by atoms with Gasteiger partial charge >= 0.3 is 11.9 Å². The molecule has 15 heteroatoms. The van der Waals surface area contributed by atoms with Crippen molar-refractivity contribution < 1.29 is 18.0 Å². The fourth-order valence-electron chi connectivity index (χ4n) is 3.42. The molecular weight excluding hydrogens is 483 g/mol. The third kappa shape index (κ3) is 4.31. The monoisotopic (exact) mass is 499 g/mol. The summed E-state index contributed by atoms with van der Waals surface area (Å²) < 4.78 is 41.2. The number of nitrogens with one attached hydrogen (secondary N) is 1. The Morgan fingerprint density at radius 3 is 2.53 bits per heavy atom. The molecule has 1 N–H and O–H groups in total. The molecular formula is C21H16F3N9O3. The number of imidazole rings is 1. The predicted molar refractivity (Wildman–Crippen MR) is 118 cm³/mol. The minimum absolute atomic E-state index is 0.0428. The van der Waals surface area contributed by atoms with Gasteiger partial charge in [-0.15, -0.1) is 0 Å². The maximum atomic E-state index is 13.0. The number of alkyl halides is 3. The second-order valence-electron chi connectivity index (χ2n) is 7.58. The summed E-state index contributed by atoms with van der Waals surface area (Å²) >= 11 is 0. The number of hydrogen-bond donors (Lipinski definition) is 1. The number of nitriles is 1. The van der Waals surface area contributed by atoms with E-state index in [-0.39, 0.29) is 28.2 Å². The molecule has 0 aliphatic heterocycles. The molecule has 0 fully saturated rings. The molecule has 12 nitrogen and oxygen atoms in total. The zero-order chi connectivity index (χ0) is 26.2. The summed E-state index contributed by atoms with van der Waals surface area (Å²) in [6, 6.07) is 5.27. The number of amides is 1. The van der Waals surface area contributed by atoms with Crippen LogP contribution in [0.1, 0.15) is 18.8 Å². The van der Waals surface area contributed by atoms with Crippen LogP contribution >= 0.6 is 0 Å². The predicted octanol–water partition coefficient (Wildman–Crippen LogP) is 1.49. The number of anilines is 1. The number of pyridine rings is 1. The van der Waals surface area contributed by atoms with Crippen molar-refractivity contribution in [1.82, 2.24) is 33.6 Å². The van der Waals surface area contributed by atoms with Crippen LogP contribution in [0.2, 0.25) is 0 Å². The molecule has 4 aromatic heterocycles. The van der Waals surface area contributed by atoms with Gasteiger partial charge in [0.1, 0.15) is 18.4 Å². The van der Waals surface area contributed by atoms with Gasteiger partial charge in [-0.05, 0) is 19.1 Å². The fourth-order valence-corrected chi connectivity index (χ4v) is 3.42. The van der Waals surface area contributed by atoms with Gasteiger partial charge in [0, 0.05) is 25.0 Å². The number of aryl methyl sites for hydroxylation is 1. The van der Waals surface area contributed by atoms with Crippen LogP contribution in [0.3, 0.4) is 0 Å². The van der Waals surface area contributed by atoms with E-state index in [4.69, 9.17) is 5.26 Å². The van der Waals surface area contributed by atoms with E-state index in [1.54, 1.807) is 6.07 Å². The van der Waals surface area contributed by atoms with Crippen LogP contribution in [0.25, 0.3) is 22.4 Å². The topological polar surface area (TPSA) is 153 Å². The molecule has 0 saturated carbocycles. The van der Waals surface area contributed by atoms with Crippen LogP contribution in [0.4, 0.5) is 19.0 Å². The minimum Gasteiger partial charge on any atom is -0.312 e. The number of rotatable bonds is 5. The number of fused-ring (bicyclic) bond motifs is 1. The molecule has 1 unspecified atom stereocenters. The number of hydrogen-bond acceptors (Lipinski definition) is 8. The maximum absolute atomic E-state index is 13.0. The van der Waals surface area contributed by atoms with Crippen LogP contribution in [0.5, 0.6) is 0 Å². The van der Waals surface area contributed by atoms with Gasteiger partial charge in [0.25, 0.3) is 5.56 Å². The Morgan fingerprint density at radius 1 is 1.19 bits per heavy atom. The van der Waals surface area contributed by atoms with E-state index in [1.165, 1.54) is 43.1 Å². The number of carbonyl (C=O) groups excluding carboxylic acids is 1. The Labute approximate surface area is 199 Å². The first-order valence-electron chi connectivity index (χ1n) is 10.2. The van der Waals surface area contributed by atoms with Crippen molar-refractivity contribution in [2.45, 2.75) is 25.7 Å². The molecule has 0 aromatic carbocycles. The number of halogens is 3. The van der Waals surface area contributed by atoms with Crippen molar-refractivity contribution >= 4 is 22.9 Å². The molecule has 4 rings (SSSR count). The first kappa shape index (κ1) is 24.3. The van der Waals surface area contributed by atoms with Gasteiger partial charge in [0.15, 0.2) is 11.2 Å². The molecule has 0 saturated heterocycles. The maximum Gasteiger partial charge on any atom is 0.451 e. The molecule has 1 amide bonds. The lowest BCUT2D eigenvalue weighted by molar-refractivity contribution is -0.145. The lowest BCUT2D eigenvalue weighted by Gasteiger charge is -2.15. The highest BCUT2D eigenvalue weighted by molar-refractivity contribution is 5.93. The number of nitrogens with zero attached hydrogens (tertiary/aromatic N) is 8. The molecule has 0 aliphatic rings. The van der Waals surface area contributed by atoms with Gasteiger partial charge in [0.2, 0.25) is 11.7 Å². The second kappa shape index (κ2) is 9.06. The molecule has 1 atom stereocenters. The van der Waals surface area contributed by atoms with Crippen LogP contribution in [-0.4, -0.2) is 39.5 Å². The summed E-state index contributed by atoms with van der Waals surface area (Å²) in [6.07, 6.45) is -1.50. The smallest absolute Gasteiger partial charge is 0.312 e. The molecule has 184 valence electrons. The quantitative estimate of drug-likeness (QED) is 0.433. The van der Waals surface area contributed by atoms with Crippen LogP contribution in [0.15, 0.2) is 46.5 Å². The standard InChI is InChI=1S/C21H16F3N9O3/c1-11(33-10-28-16-15(33)18(35)32(7-6-25)20(36)31(16)2)17(34)30-14-5-3-4-13(29-14)12-8-26-19(27-9-12)21(22,23)24/h3-5,8-11H,7H2,1-2H3,(H,29,30,34). The van der Waals surface area contributed by atoms with Gasteiger partial charge in [-0.3, -0.25) is 14.2 Å². The molecule has 0 spiro atoms. The first-order chi connectivity index (χ1) is 17.0. The lowest BCUT2D eigenvalue weighted by Crippen LogP contribution is -2.40. The van der Waals surface area contributed by atoms with Crippen LogP contribution in [-0.2, 0) is 24.6 Å².